The number of hydrogen-bond donors (Lipinski definition) is 4. The van der Waals surface area contributed by atoms with Crippen molar-refractivity contribution in [1.82, 2.24) is 25.2 Å². The molecule has 6 rings (SSSR count). The normalized spacial score (nSPS) is 30.2. The summed E-state index contributed by atoms with van der Waals surface area (Å²) in [5, 5.41) is 16.7. The number of ether oxygens (including phenoxy) is 2. The van der Waals surface area contributed by atoms with Crippen LogP contribution in [0.4, 0.5) is 4.79 Å². The van der Waals surface area contributed by atoms with Gasteiger partial charge < -0.3 is 30.1 Å². The minimum absolute atomic E-state index is 0.0202. The molecule has 16 heteroatoms. The summed E-state index contributed by atoms with van der Waals surface area (Å²) < 4.78 is 39.5. The SMILES string of the molecule is CCOc1cnc(O[C@@H]2C[C@H]3C(=O)N[C@]4(C(=O)NS(=O)(=O)C5(C)CC5)C[C@H]4C=CCC[C@@H](C)C[C@@H](C)[C@H](NC(=O)O)C(=O)N3C2)c2cc(Cl)ccc12. The number of aromatic nitrogens is 1. The lowest BCUT2D eigenvalue weighted by Crippen LogP contribution is -2.59. The van der Waals surface area contributed by atoms with E-state index in [2.05, 4.69) is 20.3 Å². The van der Waals surface area contributed by atoms with Gasteiger partial charge in [-0.2, -0.15) is 0 Å². The number of sulfonamides is 1. The molecule has 2 aliphatic heterocycles. The predicted octanol–water partition coefficient (Wildman–Crippen LogP) is 4.16. The van der Waals surface area contributed by atoms with Gasteiger partial charge in [0.1, 0.15) is 29.5 Å². The monoisotopic (exact) mass is 759 g/mol. The Morgan fingerprint density at radius 1 is 1.17 bits per heavy atom. The van der Waals surface area contributed by atoms with E-state index in [4.69, 9.17) is 21.1 Å². The van der Waals surface area contributed by atoms with Crippen LogP contribution >= 0.6 is 11.6 Å². The van der Waals surface area contributed by atoms with Gasteiger partial charge in [-0.15, -0.1) is 0 Å². The van der Waals surface area contributed by atoms with Gasteiger partial charge in [-0.05, 0) is 82.4 Å². The minimum Gasteiger partial charge on any atom is -0.492 e. The predicted molar refractivity (Wildman–Crippen MR) is 192 cm³/mol. The van der Waals surface area contributed by atoms with Crippen molar-refractivity contribution in [2.24, 2.45) is 17.8 Å². The van der Waals surface area contributed by atoms with Gasteiger partial charge in [-0.3, -0.25) is 19.1 Å². The molecule has 14 nitrogen and oxygen atoms in total. The fourth-order valence-corrected chi connectivity index (χ4v) is 8.90. The number of nitrogens with one attached hydrogen (secondary N) is 3. The third-order valence-electron chi connectivity index (χ3n) is 10.9. The maximum absolute atomic E-state index is 14.4. The average molecular weight is 760 g/mol. The maximum atomic E-state index is 14.4. The molecule has 7 atom stereocenters. The number of carbonyl (C=O) groups excluding carboxylic acids is 3. The zero-order valence-corrected chi connectivity index (χ0v) is 31.3. The van der Waals surface area contributed by atoms with Gasteiger partial charge in [-0.1, -0.05) is 37.6 Å². The van der Waals surface area contributed by atoms with Crippen LogP contribution in [0.3, 0.4) is 0 Å². The molecule has 4 amide bonds. The Bertz CT molecular complexity index is 1900. The molecular formula is C36H46ClN5O9S. The van der Waals surface area contributed by atoms with Crippen molar-refractivity contribution in [3.63, 3.8) is 0 Å². The van der Waals surface area contributed by atoms with E-state index in [1.807, 2.05) is 26.0 Å². The summed E-state index contributed by atoms with van der Waals surface area (Å²) in [6.45, 7) is 7.56. The Morgan fingerprint density at radius 3 is 2.62 bits per heavy atom. The average Bonchev–Trinajstić information content (AvgIpc) is 3.96. The summed E-state index contributed by atoms with van der Waals surface area (Å²) in [4.78, 5) is 60.3. The van der Waals surface area contributed by atoms with Crippen LogP contribution < -0.4 is 24.8 Å². The molecule has 0 spiro atoms. The quantitative estimate of drug-likeness (QED) is 0.284. The molecule has 3 heterocycles. The Hall–Kier alpha value is -4.11. The molecule has 2 aromatic rings. The summed E-state index contributed by atoms with van der Waals surface area (Å²) in [7, 11) is -4.01. The van der Waals surface area contributed by atoms with E-state index in [1.54, 1.807) is 32.0 Å². The lowest BCUT2D eigenvalue weighted by Gasteiger charge is -2.32. The van der Waals surface area contributed by atoms with Crippen LogP contribution in [0.1, 0.15) is 72.6 Å². The van der Waals surface area contributed by atoms with Crippen molar-refractivity contribution >= 4 is 56.2 Å². The highest BCUT2D eigenvalue weighted by Gasteiger charge is 2.63. The number of carbonyl (C=O) groups is 4. The third-order valence-corrected chi connectivity index (χ3v) is 13.3. The lowest BCUT2D eigenvalue weighted by molar-refractivity contribution is -0.142. The second-order valence-electron chi connectivity index (χ2n) is 14.9. The van der Waals surface area contributed by atoms with E-state index >= 15 is 0 Å². The number of nitrogens with zero attached hydrogens (tertiary/aromatic N) is 2. The number of rotatable bonds is 8. The number of hydrogen-bond acceptors (Lipinski definition) is 9. The zero-order valence-electron chi connectivity index (χ0n) is 29.7. The highest BCUT2D eigenvalue weighted by atomic mass is 35.5. The summed E-state index contributed by atoms with van der Waals surface area (Å²) in [5.41, 5.74) is -1.55. The highest BCUT2D eigenvalue weighted by Crippen LogP contribution is 2.47. The molecule has 0 unspecified atom stereocenters. The van der Waals surface area contributed by atoms with Gasteiger partial charge in [0.15, 0.2) is 0 Å². The van der Waals surface area contributed by atoms with E-state index in [0.717, 1.165) is 6.42 Å². The molecule has 2 aliphatic carbocycles. The third kappa shape index (κ3) is 7.52. The highest BCUT2D eigenvalue weighted by molar-refractivity contribution is 7.91. The molecule has 0 radical (unpaired) electrons. The van der Waals surface area contributed by atoms with Crippen LogP contribution in [-0.4, -0.2) is 88.8 Å². The maximum Gasteiger partial charge on any atom is 0.405 e. The van der Waals surface area contributed by atoms with Crippen molar-refractivity contribution in [3.8, 4) is 11.6 Å². The Balaban J connectivity index is 1.35. The van der Waals surface area contributed by atoms with Crippen LogP contribution in [-0.2, 0) is 24.4 Å². The second-order valence-corrected chi connectivity index (χ2v) is 17.6. The van der Waals surface area contributed by atoms with Gasteiger partial charge in [0.05, 0.1) is 24.1 Å². The van der Waals surface area contributed by atoms with Gasteiger partial charge in [0.25, 0.3) is 5.91 Å². The lowest BCUT2D eigenvalue weighted by atomic mass is 9.88. The van der Waals surface area contributed by atoms with Crippen LogP contribution in [0, 0.1) is 17.8 Å². The smallest absolute Gasteiger partial charge is 0.405 e. The van der Waals surface area contributed by atoms with Gasteiger partial charge in [0.2, 0.25) is 27.7 Å². The van der Waals surface area contributed by atoms with E-state index in [-0.39, 0.29) is 31.2 Å². The largest absolute Gasteiger partial charge is 0.492 e. The molecule has 1 aromatic carbocycles. The van der Waals surface area contributed by atoms with Gasteiger partial charge >= 0.3 is 6.09 Å². The molecule has 1 aromatic heterocycles. The molecule has 0 bridgehead atoms. The van der Waals surface area contributed by atoms with Crippen LogP contribution in [0.5, 0.6) is 11.6 Å². The number of carboxylic acid groups (broad SMARTS) is 1. The first kappa shape index (κ1) is 37.6. The van der Waals surface area contributed by atoms with Crippen molar-refractivity contribution in [3.05, 3.63) is 41.6 Å². The van der Waals surface area contributed by atoms with Crippen LogP contribution in [0.2, 0.25) is 5.02 Å². The van der Waals surface area contributed by atoms with Crippen LogP contribution in [0.25, 0.3) is 10.8 Å². The van der Waals surface area contributed by atoms with Crippen LogP contribution in [0.15, 0.2) is 36.5 Å². The van der Waals surface area contributed by atoms with Gasteiger partial charge in [0, 0.05) is 28.1 Å². The molecular weight excluding hydrogens is 714 g/mol. The van der Waals surface area contributed by atoms with Crippen molar-refractivity contribution in [2.45, 2.75) is 101 Å². The van der Waals surface area contributed by atoms with Crippen molar-refractivity contribution < 1.29 is 42.2 Å². The van der Waals surface area contributed by atoms with Crippen molar-refractivity contribution in [1.29, 1.82) is 0 Å². The molecule has 1 saturated heterocycles. The number of pyridine rings is 1. The summed E-state index contributed by atoms with van der Waals surface area (Å²) >= 11 is 6.35. The first-order valence-electron chi connectivity index (χ1n) is 17.8. The number of benzene rings is 1. The molecule has 2 saturated carbocycles. The molecule has 52 heavy (non-hydrogen) atoms. The Kier molecular flexibility index (Phi) is 10.4. The number of allylic oxidation sites excluding steroid dienone is 1. The zero-order chi connectivity index (χ0) is 37.6. The fraction of sp³-hybridized carbons (Fsp3) is 0.583. The van der Waals surface area contributed by atoms with Crippen molar-refractivity contribution in [2.75, 3.05) is 13.2 Å². The second kappa shape index (κ2) is 14.4. The Morgan fingerprint density at radius 2 is 1.92 bits per heavy atom. The van der Waals surface area contributed by atoms with E-state index in [9.17, 15) is 32.7 Å². The number of halogens is 1. The molecule has 282 valence electrons. The minimum atomic E-state index is -4.01. The topological polar surface area (TPSA) is 193 Å². The molecule has 4 N–H and O–H groups in total. The molecule has 3 fully saturated rings. The first-order valence-corrected chi connectivity index (χ1v) is 19.7. The first-order chi connectivity index (χ1) is 24.6. The van der Waals surface area contributed by atoms with E-state index in [0.29, 0.717) is 53.8 Å². The fourth-order valence-electron chi connectivity index (χ4n) is 7.42. The standard InChI is InChI=1S/C36H46ClN5O9S/c1-5-50-28-18-38-31(26-15-23(37)10-11-25(26)28)51-24-16-27-30(43)40-36(33(45)41-52(48,49)35(4)12-13-35)17-22(36)9-7-6-8-20(2)14-21(3)29(39-34(46)47)32(44)42(27)19-24/h7,9-11,15,18,20-22,24,27,29,39H,5-6,8,12-14,16-17,19H2,1-4H3,(H,40,43)(H,41,45)(H,46,47)/t20-,21-,22-,24-,27+,29+,36-/m1/s1. The Labute approximate surface area is 308 Å². The molecule has 4 aliphatic rings. The van der Waals surface area contributed by atoms with E-state index < -0.39 is 74.1 Å². The number of amides is 4. The summed E-state index contributed by atoms with van der Waals surface area (Å²) in [6, 6.07) is 2.82. The van der Waals surface area contributed by atoms with E-state index in [1.165, 1.54) is 11.1 Å². The number of fused-ring (bicyclic) bond motifs is 3. The summed E-state index contributed by atoms with van der Waals surface area (Å²) in [5.74, 6) is -2.17. The summed E-state index contributed by atoms with van der Waals surface area (Å²) in [6.07, 6.45) is 6.04. The van der Waals surface area contributed by atoms with Gasteiger partial charge in [-0.25, -0.2) is 18.2 Å².